The van der Waals surface area contributed by atoms with Crippen molar-refractivity contribution in [3.05, 3.63) is 18.2 Å². The summed E-state index contributed by atoms with van der Waals surface area (Å²) in [6.45, 7) is 9.78. The molecule has 1 aromatic rings. The van der Waals surface area contributed by atoms with Crippen LogP contribution < -0.4 is 21.3 Å². The van der Waals surface area contributed by atoms with E-state index in [1.807, 2.05) is 0 Å². The van der Waals surface area contributed by atoms with Crippen LogP contribution in [0.3, 0.4) is 0 Å². The van der Waals surface area contributed by atoms with E-state index >= 15 is 0 Å². The lowest BCUT2D eigenvalue weighted by Gasteiger charge is -2.15. The van der Waals surface area contributed by atoms with Crippen LogP contribution in [0.5, 0.6) is 5.75 Å². The summed E-state index contributed by atoms with van der Waals surface area (Å²) in [5, 5.41) is 20.4. The number of phenolic OH excluding ortho intramolecular Hbond substituents is 1. The number of unbranched alkanes of at least 4 members (excludes halogenated alkanes) is 1. The van der Waals surface area contributed by atoms with Crippen LogP contribution in [0.4, 0.5) is 21.0 Å². The number of rotatable bonds is 15. The molecule has 0 heterocycles. The van der Waals surface area contributed by atoms with Gasteiger partial charge in [0.05, 0.1) is 18.9 Å². The number of phenols is 1. The van der Waals surface area contributed by atoms with Crippen molar-refractivity contribution in [3.63, 3.8) is 0 Å². The number of carbonyl (C=O) groups excluding carboxylic acids is 2. The van der Waals surface area contributed by atoms with Crippen LogP contribution in [0.2, 0.25) is 0 Å². The minimum Gasteiger partial charge on any atom is -0.506 e. The molecule has 32 heavy (non-hydrogen) atoms. The van der Waals surface area contributed by atoms with E-state index in [1.54, 1.807) is 0 Å². The van der Waals surface area contributed by atoms with Crippen molar-refractivity contribution in [2.75, 3.05) is 37.3 Å². The molecule has 0 radical (unpaired) electrons. The molecule has 0 aliphatic heterocycles. The molecule has 1 aromatic carbocycles. The van der Waals surface area contributed by atoms with E-state index in [0.717, 1.165) is 25.7 Å². The first kappa shape index (κ1) is 27.5. The maximum Gasteiger partial charge on any atom is 0.321 e. The predicted octanol–water partition coefficient (Wildman–Crippen LogP) is 4.85. The van der Waals surface area contributed by atoms with Crippen LogP contribution in [0.25, 0.3) is 0 Å². The van der Waals surface area contributed by atoms with Crippen molar-refractivity contribution in [2.45, 2.75) is 59.8 Å². The molecule has 0 aromatic heterocycles. The number of carbonyl (C=O) groups is 2. The molecule has 2 unspecified atom stereocenters. The summed E-state index contributed by atoms with van der Waals surface area (Å²) >= 11 is 0. The van der Waals surface area contributed by atoms with Crippen LogP contribution in [-0.4, -0.2) is 43.8 Å². The smallest absolute Gasteiger partial charge is 0.321 e. The Balaban J connectivity index is 2.40. The summed E-state index contributed by atoms with van der Waals surface area (Å²) < 4.78 is 10.9. The van der Waals surface area contributed by atoms with Gasteiger partial charge in [-0.15, -0.1) is 0 Å². The average molecular weight is 453 g/mol. The Bertz CT molecular complexity index is 686. The molecule has 2 atom stereocenters. The molecular formula is C23H40N4O5. The Hall–Kier alpha value is -2.52. The number of benzene rings is 1. The van der Waals surface area contributed by atoms with E-state index in [9.17, 15) is 14.7 Å². The largest absolute Gasteiger partial charge is 0.506 e. The molecule has 4 amide bonds. The highest BCUT2D eigenvalue weighted by Gasteiger charge is 2.10. The van der Waals surface area contributed by atoms with E-state index in [0.29, 0.717) is 30.7 Å². The van der Waals surface area contributed by atoms with Gasteiger partial charge in [0.25, 0.3) is 0 Å². The summed E-state index contributed by atoms with van der Waals surface area (Å²) in [5.74, 6) is 0.794. The Labute approximate surface area is 191 Å². The number of amides is 4. The maximum atomic E-state index is 12.1. The van der Waals surface area contributed by atoms with E-state index in [4.69, 9.17) is 9.47 Å². The van der Waals surface area contributed by atoms with E-state index in [2.05, 4.69) is 49.0 Å². The van der Waals surface area contributed by atoms with Crippen LogP contribution in [-0.2, 0) is 9.47 Å². The van der Waals surface area contributed by atoms with Gasteiger partial charge in [-0.1, -0.05) is 53.4 Å². The number of hydrogen-bond donors (Lipinski definition) is 5. The topological polar surface area (TPSA) is 121 Å². The molecule has 182 valence electrons. The molecule has 0 aliphatic carbocycles. The van der Waals surface area contributed by atoms with Gasteiger partial charge >= 0.3 is 12.1 Å². The van der Waals surface area contributed by atoms with Crippen LogP contribution in [0.15, 0.2) is 18.2 Å². The van der Waals surface area contributed by atoms with Crippen molar-refractivity contribution in [2.24, 2.45) is 11.8 Å². The second kappa shape index (κ2) is 16.2. The fourth-order valence-corrected chi connectivity index (χ4v) is 2.79. The quantitative estimate of drug-likeness (QED) is 0.113. The third-order valence-electron chi connectivity index (χ3n) is 5.17. The Morgan fingerprint density at radius 3 is 2.25 bits per heavy atom. The number of aromatic hydroxyl groups is 1. The minimum absolute atomic E-state index is 0.0641. The Morgan fingerprint density at radius 1 is 0.969 bits per heavy atom. The first-order valence-corrected chi connectivity index (χ1v) is 11.5. The second-order valence-electron chi connectivity index (χ2n) is 7.95. The van der Waals surface area contributed by atoms with E-state index < -0.39 is 12.1 Å². The summed E-state index contributed by atoms with van der Waals surface area (Å²) in [6, 6.07) is 3.43. The highest BCUT2D eigenvalue weighted by Crippen LogP contribution is 2.26. The standard InChI is InChI=1S/C23H40N4O5/c1-5-8-9-18(7-3)14-32-16-24-22(29)26-19-10-11-21(28)20(12-19)27-23(30)25-15-31-13-17(4)6-2/h10-12,17-18,28H,5-9,13-16H2,1-4H3,(H2,24,26,29)(H2,25,27,30). The zero-order chi connectivity index (χ0) is 23.8. The van der Waals surface area contributed by atoms with Gasteiger partial charge in [-0.25, -0.2) is 9.59 Å². The zero-order valence-electron chi connectivity index (χ0n) is 19.8. The Morgan fingerprint density at radius 2 is 1.62 bits per heavy atom. The lowest BCUT2D eigenvalue weighted by molar-refractivity contribution is 0.0855. The first-order chi connectivity index (χ1) is 15.4. The van der Waals surface area contributed by atoms with Gasteiger partial charge in [0.2, 0.25) is 0 Å². The third-order valence-corrected chi connectivity index (χ3v) is 5.17. The number of hydrogen-bond acceptors (Lipinski definition) is 5. The summed E-state index contributed by atoms with van der Waals surface area (Å²) in [4.78, 5) is 24.1. The highest BCUT2D eigenvalue weighted by atomic mass is 16.5. The van der Waals surface area contributed by atoms with Crippen molar-refractivity contribution in [3.8, 4) is 5.75 Å². The lowest BCUT2D eigenvalue weighted by Crippen LogP contribution is -2.32. The van der Waals surface area contributed by atoms with Crippen molar-refractivity contribution >= 4 is 23.4 Å². The molecule has 0 spiro atoms. The SMILES string of the molecule is CCCCC(CC)COCNC(=O)Nc1ccc(O)c(NC(=O)NCOCC(C)CC)c1. The van der Waals surface area contributed by atoms with Gasteiger partial charge < -0.3 is 35.8 Å². The molecule has 0 bridgehead atoms. The molecule has 0 aliphatic rings. The summed E-state index contributed by atoms with van der Waals surface area (Å²) in [6.07, 6.45) is 5.51. The van der Waals surface area contributed by atoms with Gasteiger partial charge in [0.1, 0.15) is 19.2 Å². The van der Waals surface area contributed by atoms with Crippen molar-refractivity contribution in [1.82, 2.24) is 10.6 Å². The fraction of sp³-hybridized carbons (Fsp3) is 0.652. The molecule has 9 heteroatoms. The average Bonchev–Trinajstić information content (AvgIpc) is 2.78. The predicted molar refractivity (Wildman–Crippen MR) is 127 cm³/mol. The maximum absolute atomic E-state index is 12.1. The monoisotopic (exact) mass is 452 g/mol. The van der Waals surface area contributed by atoms with Crippen LogP contribution >= 0.6 is 0 Å². The number of ether oxygens (including phenoxy) is 2. The van der Waals surface area contributed by atoms with Gasteiger partial charge in [-0.05, 0) is 36.5 Å². The van der Waals surface area contributed by atoms with Gasteiger partial charge in [0, 0.05) is 5.69 Å². The van der Waals surface area contributed by atoms with Crippen LogP contribution in [0.1, 0.15) is 59.8 Å². The molecule has 0 fully saturated rings. The lowest BCUT2D eigenvalue weighted by atomic mass is 10.0. The fourth-order valence-electron chi connectivity index (χ4n) is 2.79. The normalized spacial score (nSPS) is 12.6. The van der Waals surface area contributed by atoms with Gasteiger partial charge in [-0.3, -0.25) is 0 Å². The van der Waals surface area contributed by atoms with Crippen molar-refractivity contribution < 1.29 is 24.2 Å². The molecule has 0 saturated heterocycles. The van der Waals surface area contributed by atoms with Gasteiger partial charge in [0.15, 0.2) is 0 Å². The number of nitrogens with one attached hydrogen (secondary N) is 4. The van der Waals surface area contributed by atoms with Crippen molar-refractivity contribution in [1.29, 1.82) is 0 Å². The van der Waals surface area contributed by atoms with E-state index in [1.165, 1.54) is 24.6 Å². The molecule has 0 saturated carbocycles. The van der Waals surface area contributed by atoms with Crippen LogP contribution in [0, 0.1) is 11.8 Å². The summed E-state index contributed by atoms with van der Waals surface area (Å²) in [5.41, 5.74) is 0.582. The molecule has 9 nitrogen and oxygen atoms in total. The zero-order valence-corrected chi connectivity index (χ0v) is 19.8. The molecule has 1 rings (SSSR count). The molecule has 5 N–H and O–H groups in total. The third kappa shape index (κ3) is 11.8. The number of anilines is 2. The minimum atomic E-state index is -0.520. The number of urea groups is 2. The second-order valence-corrected chi connectivity index (χ2v) is 7.95. The summed E-state index contributed by atoms with van der Waals surface area (Å²) in [7, 11) is 0. The van der Waals surface area contributed by atoms with E-state index in [-0.39, 0.29) is 24.9 Å². The molecular weight excluding hydrogens is 412 g/mol. The van der Waals surface area contributed by atoms with Gasteiger partial charge in [-0.2, -0.15) is 0 Å². The first-order valence-electron chi connectivity index (χ1n) is 11.5. The highest BCUT2D eigenvalue weighted by molar-refractivity contribution is 5.94. The Kier molecular flexibility index (Phi) is 13.9.